The molecule has 0 N–H and O–H groups in total. The summed E-state index contributed by atoms with van der Waals surface area (Å²) in [5.74, 6) is 0. The van der Waals surface area contributed by atoms with E-state index < -0.39 is 0 Å². The van der Waals surface area contributed by atoms with Gasteiger partial charge in [-0.25, -0.2) is 0 Å². The lowest BCUT2D eigenvalue weighted by molar-refractivity contribution is 1.28. The molecule has 0 amide bonds. The highest BCUT2D eigenvalue weighted by Gasteiger charge is 2.23. The van der Waals surface area contributed by atoms with Gasteiger partial charge in [-0.2, -0.15) is 0 Å². The molecule has 1 heteroatoms. The highest BCUT2D eigenvalue weighted by molar-refractivity contribution is 6.02. The molecule has 0 bridgehead atoms. The molecule has 0 heterocycles. The van der Waals surface area contributed by atoms with E-state index in [1.165, 1.54) is 77.2 Å². The van der Waals surface area contributed by atoms with E-state index >= 15 is 0 Å². The number of rotatable bonds is 8. The molecule has 0 aliphatic carbocycles. The van der Waals surface area contributed by atoms with Crippen LogP contribution in [0, 0.1) is 0 Å². The summed E-state index contributed by atoms with van der Waals surface area (Å²) in [7, 11) is 0. The molecule has 0 aliphatic heterocycles. The second-order valence-corrected chi connectivity index (χ2v) is 14.5. The van der Waals surface area contributed by atoms with E-state index in [4.69, 9.17) is 0 Å². The second kappa shape index (κ2) is 15.0. The number of benzene rings is 10. The predicted molar refractivity (Wildman–Crippen MR) is 243 cm³/mol. The third kappa shape index (κ3) is 6.56. The minimum absolute atomic E-state index is 1.08. The average Bonchev–Trinajstić information content (AvgIpc) is 3.29. The van der Waals surface area contributed by atoms with E-state index in [1.54, 1.807) is 0 Å². The minimum atomic E-state index is 1.08. The fraction of sp³-hybridized carbons (Fsp3) is 0. The van der Waals surface area contributed by atoms with Crippen LogP contribution in [0.4, 0.5) is 17.1 Å². The van der Waals surface area contributed by atoms with Crippen LogP contribution >= 0.6 is 0 Å². The van der Waals surface area contributed by atoms with Crippen molar-refractivity contribution in [3.05, 3.63) is 237 Å². The zero-order valence-corrected chi connectivity index (χ0v) is 31.5. The molecule has 10 aromatic carbocycles. The second-order valence-electron chi connectivity index (χ2n) is 14.5. The molecule has 268 valence electrons. The summed E-state index contributed by atoms with van der Waals surface area (Å²) in [6.07, 6.45) is 0. The lowest BCUT2D eigenvalue weighted by Crippen LogP contribution is -2.12. The van der Waals surface area contributed by atoms with E-state index in [0.717, 1.165) is 17.1 Å². The van der Waals surface area contributed by atoms with Crippen molar-refractivity contribution in [2.75, 3.05) is 4.90 Å². The van der Waals surface area contributed by atoms with Gasteiger partial charge in [0.25, 0.3) is 0 Å². The number of nitrogens with zero attached hydrogens (tertiary/aromatic N) is 1. The Morgan fingerprint density at radius 3 is 1.54 bits per heavy atom. The standard InChI is InChI=1S/C56H39N/c1-3-17-41(18-4-1)52-27-11-12-28-54(52)56-53(43-19-5-2-6-20-43)30-15-31-55(56)57(48-36-34-44(35-37-48)51-29-14-23-42-21-9-10-26-50(42)51)49-25-13-24-46(39-49)47-33-32-40-16-7-8-22-45(40)38-47/h1-39H. The van der Waals surface area contributed by atoms with E-state index in [1.807, 2.05) is 0 Å². The van der Waals surface area contributed by atoms with Crippen LogP contribution in [0.25, 0.3) is 77.2 Å². The van der Waals surface area contributed by atoms with Gasteiger partial charge in [0, 0.05) is 16.9 Å². The normalized spacial score (nSPS) is 11.2. The van der Waals surface area contributed by atoms with Crippen molar-refractivity contribution in [1.82, 2.24) is 0 Å². The zero-order chi connectivity index (χ0) is 38.0. The smallest absolute Gasteiger partial charge is 0.0546 e. The molecule has 0 saturated carbocycles. The Labute approximate surface area is 334 Å². The molecule has 0 aliphatic rings. The average molecular weight is 726 g/mol. The highest BCUT2D eigenvalue weighted by Crippen LogP contribution is 2.48. The van der Waals surface area contributed by atoms with Gasteiger partial charge >= 0.3 is 0 Å². The Bertz CT molecular complexity index is 2990. The third-order valence-corrected chi connectivity index (χ3v) is 11.1. The van der Waals surface area contributed by atoms with Crippen LogP contribution < -0.4 is 4.90 Å². The van der Waals surface area contributed by atoms with Crippen molar-refractivity contribution in [1.29, 1.82) is 0 Å². The third-order valence-electron chi connectivity index (χ3n) is 11.1. The monoisotopic (exact) mass is 725 g/mol. The largest absolute Gasteiger partial charge is 0.310 e. The Balaban J connectivity index is 1.21. The van der Waals surface area contributed by atoms with Crippen LogP contribution in [0.15, 0.2) is 237 Å². The van der Waals surface area contributed by atoms with Crippen LogP contribution in [0.2, 0.25) is 0 Å². The van der Waals surface area contributed by atoms with Gasteiger partial charge in [-0.15, -0.1) is 0 Å². The molecule has 0 unspecified atom stereocenters. The predicted octanol–water partition coefficient (Wildman–Crippen LogP) is 15.8. The lowest BCUT2D eigenvalue weighted by Gasteiger charge is -2.30. The topological polar surface area (TPSA) is 3.24 Å². The quantitative estimate of drug-likeness (QED) is 0.151. The highest BCUT2D eigenvalue weighted by atomic mass is 15.1. The maximum atomic E-state index is 2.45. The molecule has 57 heavy (non-hydrogen) atoms. The van der Waals surface area contributed by atoms with Gasteiger partial charge in [-0.3, -0.25) is 0 Å². The molecule has 1 nitrogen and oxygen atoms in total. The SMILES string of the molecule is c1ccc(-c2ccccc2-c2c(-c3ccccc3)cccc2N(c2ccc(-c3cccc4ccccc34)cc2)c2cccc(-c3ccc4ccccc4c3)c2)cc1. The summed E-state index contributed by atoms with van der Waals surface area (Å²) < 4.78 is 0. The van der Waals surface area contributed by atoms with Gasteiger partial charge in [0.05, 0.1) is 5.69 Å². The van der Waals surface area contributed by atoms with E-state index in [9.17, 15) is 0 Å². The molecule has 0 aromatic heterocycles. The van der Waals surface area contributed by atoms with Crippen molar-refractivity contribution in [2.24, 2.45) is 0 Å². The fourth-order valence-corrected chi connectivity index (χ4v) is 8.33. The van der Waals surface area contributed by atoms with Crippen molar-refractivity contribution < 1.29 is 0 Å². The molecule has 0 radical (unpaired) electrons. The summed E-state index contributed by atoms with van der Waals surface area (Å²) in [6.45, 7) is 0. The number of hydrogen-bond acceptors (Lipinski definition) is 1. The molecule has 0 saturated heterocycles. The minimum Gasteiger partial charge on any atom is -0.310 e. The first-order valence-electron chi connectivity index (χ1n) is 19.6. The summed E-state index contributed by atoms with van der Waals surface area (Å²) in [5, 5.41) is 4.97. The molecular formula is C56H39N. The maximum Gasteiger partial charge on any atom is 0.0546 e. The van der Waals surface area contributed by atoms with Crippen LogP contribution in [0.1, 0.15) is 0 Å². The molecule has 0 atom stereocenters. The van der Waals surface area contributed by atoms with Gasteiger partial charge in [0.2, 0.25) is 0 Å². The van der Waals surface area contributed by atoms with Crippen molar-refractivity contribution >= 4 is 38.6 Å². The van der Waals surface area contributed by atoms with Crippen LogP contribution in [-0.4, -0.2) is 0 Å². The van der Waals surface area contributed by atoms with Crippen LogP contribution in [0.5, 0.6) is 0 Å². The first-order valence-corrected chi connectivity index (χ1v) is 19.6. The first kappa shape index (κ1) is 34.0. The van der Waals surface area contributed by atoms with Gasteiger partial charge in [0.1, 0.15) is 0 Å². The first-order chi connectivity index (χ1) is 28.3. The maximum absolute atomic E-state index is 2.45. The summed E-state index contributed by atoms with van der Waals surface area (Å²) in [4.78, 5) is 2.45. The van der Waals surface area contributed by atoms with E-state index in [0.29, 0.717) is 0 Å². The van der Waals surface area contributed by atoms with E-state index in [2.05, 4.69) is 241 Å². The molecule has 10 aromatic rings. The zero-order valence-electron chi connectivity index (χ0n) is 31.5. The van der Waals surface area contributed by atoms with Crippen molar-refractivity contribution in [3.8, 4) is 55.6 Å². The lowest BCUT2D eigenvalue weighted by atomic mass is 9.87. The molecular weight excluding hydrogens is 687 g/mol. The fourth-order valence-electron chi connectivity index (χ4n) is 8.33. The molecule has 10 rings (SSSR count). The molecule has 0 spiro atoms. The van der Waals surface area contributed by atoms with E-state index in [-0.39, 0.29) is 0 Å². The Hall–Kier alpha value is -7.48. The van der Waals surface area contributed by atoms with Crippen molar-refractivity contribution in [2.45, 2.75) is 0 Å². The number of fused-ring (bicyclic) bond motifs is 2. The van der Waals surface area contributed by atoms with Gasteiger partial charge < -0.3 is 4.90 Å². The number of anilines is 3. The summed E-state index contributed by atoms with van der Waals surface area (Å²) >= 11 is 0. The van der Waals surface area contributed by atoms with Gasteiger partial charge in [-0.05, 0) is 108 Å². The summed E-state index contributed by atoms with van der Waals surface area (Å²) in [5.41, 5.74) is 15.1. The Morgan fingerprint density at radius 1 is 0.246 bits per heavy atom. The van der Waals surface area contributed by atoms with Crippen molar-refractivity contribution in [3.63, 3.8) is 0 Å². The Morgan fingerprint density at radius 2 is 0.754 bits per heavy atom. The Kier molecular flexibility index (Phi) is 8.95. The van der Waals surface area contributed by atoms with Crippen LogP contribution in [-0.2, 0) is 0 Å². The van der Waals surface area contributed by atoms with Crippen LogP contribution in [0.3, 0.4) is 0 Å². The molecule has 0 fully saturated rings. The van der Waals surface area contributed by atoms with Gasteiger partial charge in [-0.1, -0.05) is 200 Å². The van der Waals surface area contributed by atoms with Gasteiger partial charge in [0.15, 0.2) is 0 Å². The number of hydrogen-bond donors (Lipinski definition) is 0. The summed E-state index contributed by atoms with van der Waals surface area (Å²) in [6, 6.07) is 85.8.